The molecule has 7 nitrogen and oxygen atoms in total. The summed E-state index contributed by atoms with van der Waals surface area (Å²) >= 11 is 6.24. The molecule has 2 heterocycles. The number of amides is 2. The zero-order chi connectivity index (χ0) is 23.5. The van der Waals surface area contributed by atoms with Crippen LogP contribution in [0.5, 0.6) is 0 Å². The van der Waals surface area contributed by atoms with Crippen LogP contribution in [0.15, 0.2) is 48.5 Å². The summed E-state index contributed by atoms with van der Waals surface area (Å²) in [5, 5.41) is 8.03. The average Bonchev–Trinajstić information content (AvgIpc) is 3.08. The Labute approximate surface area is 198 Å². The number of nitrogens with two attached hydrogens (primary N) is 1. The quantitative estimate of drug-likeness (QED) is 0.573. The standard InChI is InChI=1S/C25H28ClN5O2/c1-16-23(26)17(2)31(29-16)22-11-7-19(8-12-22)25(33)28-21-9-5-18(6-10-21)14-30-13-3-4-20(15-30)24(27)32/h5-12,20H,3-4,13-15H2,1-2H3,(H2,27,32)(H,28,33). The van der Waals surface area contributed by atoms with Gasteiger partial charge in [-0.15, -0.1) is 0 Å². The molecule has 1 atom stereocenters. The van der Waals surface area contributed by atoms with Crippen molar-refractivity contribution in [2.24, 2.45) is 11.7 Å². The lowest BCUT2D eigenvalue weighted by atomic mass is 9.97. The van der Waals surface area contributed by atoms with Crippen molar-refractivity contribution in [2.45, 2.75) is 33.2 Å². The van der Waals surface area contributed by atoms with E-state index < -0.39 is 0 Å². The smallest absolute Gasteiger partial charge is 0.255 e. The van der Waals surface area contributed by atoms with E-state index in [0.717, 1.165) is 54.3 Å². The second kappa shape index (κ2) is 9.77. The SMILES string of the molecule is Cc1nn(-c2ccc(C(=O)Nc3ccc(CN4CCCC(C(N)=O)C4)cc3)cc2)c(C)c1Cl. The number of hydrogen-bond acceptors (Lipinski definition) is 4. The van der Waals surface area contributed by atoms with E-state index in [0.29, 0.717) is 17.1 Å². The summed E-state index contributed by atoms with van der Waals surface area (Å²) in [5.41, 5.74) is 10.4. The number of rotatable bonds is 6. The molecule has 8 heteroatoms. The summed E-state index contributed by atoms with van der Waals surface area (Å²) in [7, 11) is 0. The molecule has 1 aliphatic rings. The van der Waals surface area contributed by atoms with Gasteiger partial charge in [-0.25, -0.2) is 4.68 Å². The van der Waals surface area contributed by atoms with Crippen LogP contribution in [0.1, 0.15) is 40.2 Å². The number of nitrogens with zero attached hydrogens (tertiary/aromatic N) is 3. The minimum absolute atomic E-state index is 0.0677. The molecule has 4 rings (SSSR count). The van der Waals surface area contributed by atoms with Crippen molar-refractivity contribution in [1.29, 1.82) is 0 Å². The maximum absolute atomic E-state index is 12.7. The zero-order valence-corrected chi connectivity index (χ0v) is 19.6. The molecule has 1 unspecified atom stereocenters. The minimum atomic E-state index is -0.218. The van der Waals surface area contributed by atoms with Crippen LogP contribution in [-0.2, 0) is 11.3 Å². The fourth-order valence-electron chi connectivity index (χ4n) is 4.22. The van der Waals surface area contributed by atoms with Crippen LogP contribution in [0.3, 0.4) is 0 Å². The molecule has 0 saturated carbocycles. The molecule has 2 aromatic carbocycles. The van der Waals surface area contributed by atoms with Gasteiger partial charge in [0.15, 0.2) is 0 Å². The van der Waals surface area contributed by atoms with Gasteiger partial charge in [-0.3, -0.25) is 14.5 Å². The number of aryl methyl sites for hydroxylation is 1. The third kappa shape index (κ3) is 5.26. The number of anilines is 1. The van der Waals surface area contributed by atoms with Crippen LogP contribution >= 0.6 is 11.6 Å². The first kappa shape index (κ1) is 23.0. The third-order valence-corrected chi connectivity index (χ3v) is 6.65. The summed E-state index contributed by atoms with van der Waals surface area (Å²) in [6.07, 6.45) is 1.85. The normalized spacial score (nSPS) is 16.5. The Bertz CT molecular complexity index is 1150. The Balaban J connectivity index is 1.36. The van der Waals surface area contributed by atoms with E-state index in [4.69, 9.17) is 17.3 Å². The highest BCUT2D eigenvalue weighted by Gasteiger charge is 2.23. The van der Waals surface area contributed by atoms with E-state index >= 15 is 0 Å². The average molecular weight is 466 g/mol. The molecule has 0 spiro atoms. The van der Waals surface area contributed by atoms with Crippen molar-refractivity contribution in [1.82, 2.24) is 14.7 Å². The number of halogens is 1. The molecule has 3 aromatic rings. The maximum atomic E-state index is 12.7. The van der Waals surface area contributed by atoms with Crippen molar-refractivity contribution in [3.05, 3.63) is 76.1 Å². The largest absolute Gasteiger partial charge is 0.369 e. The van der Waals surface area contributed by atoms with Crippen molar-refractivity contribution in [2.75, 3.05) is 18.4 Å². The molecule has 1 aromatic heterocycles. The molecule has 1 aliphatic heterocycles. The van der Waals surface area contributed by atoms with E-state index in [1.54, 1.807) is 16.8 Å². The van der Waals surface area contributed by atoms with Crippen LogP contribution in [0.2, 0.25) is 5.02 Å². The fourth-order valence-corrected chi connectivity index (χ4v) is 4.33. The summed E-state index contributed by atoms with van der Waals surface area (Å²) in [5.74, 6) is -0.465. The van der Waals surface area contributed by atoms with Gasteiger partial charge in [-0.1, -0.05) is 23.7 Å². The lowest BCUT2D eigenvalue weighted by molar-refractivity contribution is -0.123. The van der Waals surface area contributed by atoms with E-state index in [9.17, 15) is 9.59 Å². The van der Waals surface area contributed by atoms with Gasteiger partial charge in [-0.2, -0.15) is 5.10 Å². The first-order valence-electron chi connectivity index (χ1n) is 11.1. The van der Waals surface area contributed by atoms with Gasteiger partial charge in [0.25, 0.3) is 5.91 Å². The van der Waals surface area contributed by atoms with Gasteiger partial charge < -0.3 is 11.1 Å². The topological polar surface area (TPSA) is 93.2 Å². The zero-order valence-electron chi connectivity index (χ0n) is 18.8. The number of likely N-dealkylation sites (tertiary alicyclic amines) is 1. The molecule has 33 heavy (non-hydrogen) atoms. The van der Waals surface area contributed by atoms with Crippen LogP contribution in [0.4, 0.5) is 5.69 Å². The van der Waals surface area contributed by atoms with Gasteiger partial charge in [0.1, 0.15) is 0 Å². The minimum Gasteiger partial charge on any atom is -0.369 e. The molecule has 2 amide bonds. The number of aromatic nitrogens is 2. The van der Waals surface area contributed by atoms with E-state index in [1.807, 2.05) is 50.2 Å². The molecule has 3 N–H and O–H groups in total. The maximum Gasteiger partial charge on any atom is 0.255 e. The first-order chi connectivity index (χ1) is 15.8. The Morgan fingerprint density at radius 3 is 2.42 bits per heavy atom. The van der Waals surface area contributed by atoms with Crippen molar-refractivity contribution >= 4 is 29.1 Å². The van der Waals surface area contributed by atoms with Gasteiger partial charge in [0.2, 0.25) is 5.91 Å². The molecule has 1 fully saturated rings. The molecule has 1 saturated heterocycles. The number of benzene rings is 2. The Hall–Kier alpha value is -3.16. The lowest BCUT2D eigenvalue weighted by Crippen LogP contribution is -2.40. The Kier molecular flexibility index (Phi) is 6.81. The van der Waals surface area contributed by atoms with Gasteiger partial charge in [0, 0.05) is 24.3 Å². The van der Waals surface area contributed by atoms with Crippen molar-refractivity contribution in [3.63, 3.8) is 0 Å². The van der Waals surface area contributed by atoms with Gasteiger partial charge in [-0.05, 0) is 75.2 Å². The summed E-state index contributed by atoms with van der Waals surface area (Å²) in [4.78, 5) is 26.4. The van der Waals surface area contributed by atoms with Crippen LogP contribution in [0, 0.1) is 19.8 Å². The summed E-state index contributed by atoms with van der Waals surface area (Å²) in [6.45, 7) is 6.20. The number of hydrogen-bond donors (Lipinski definition) is 2. The van der Waals surface area contributed by atoms with Crippen LogP contribution in [0.25, 0.3) is 5.69 Å². The number of carbonyl (C=O) groups is 2. The highest BCUT2D eigenvalue weighted by Crippen LogP contribution is 2.23. The van der Waals surface area contributed by atoms with Crippen molar-refractivity contribution < 1.29 is 9.59 Å². The number of piperidine rings is 1. The van der Waals surface area contributed by atoms with E-state index in [1.165, 1.54) is 0 Å². The Morgan fingerprint density at radius 1 is 1.12 bits per heavy atom. The molecule has 0 aliphatic carbocycles. The lowest BCUT2D eigenvalue weighted by Gasteiger charge is -2.31. The van der Waals surface area contributed by atoms with Gasteiger partial charge >= 0.3 is 0 Å². The second-order valence-electron chi connectivity index (χ2n) is 8.57. The fraction of sp³-hybridized carbons (Fsp3) is 0.320. The molecule has 172 valence electrons. The third-order valence-electron chi connectivity index (χ3n) is 6.10. The highest BCUT2D eigenvalue weighted by molar-refractivity contribution is 6.31. The van der Waals surface area contributed by atoms with E-state index in [-0.39, 0.29) is 17.7 Å². The predicted molar refractivity (Wildman–Crippen MR) is 130 cm³/mol. The summed E-state index contributed by atoms with van der Waals surface area (Å²) < 4.78 is 1.77. The molecule has 0 bridgehead atoms. The monoisotopic (exact) mass is 465 g/mol. The van der Waals surface area contributed by atoms with Crippen molar-refractivity contribution in [3.8, 4) is 5.69 Å². The van der Waals surface area contributed by atoms with E-state index in [2.05, 4.69) is 15.3 Å². The van der Waals surface area contributed by atoms with Crippen LogP contribution < -0.4 is 11.1 Å². The molecular weight excluding hydrogens is 438 g/mol. The highest BCUT2D eigenvalue weighted by atomic mass is 35.5. The Morgan fingerprint density at radius 2 is 1.82 bits per heavy atom. The second-order valence-corrected chi connectivity index (χ2v) is 8.95. The molecular formula is C25H28ClN5O2. The molecule has 0 radical (unpaired) electrons. The predicted octanol–water partition coefficient (Wildman–Crippen LogP) is 4.09. The first-order valence-corrected chi connectivity index (χ1v) is 11.4. The number of primary amides is 1. The number of nitrogens with one attached hydrogen (secondary N) is 1. The van der Waals surface area contributed by atoms with Crippen LogP contribution in [-0.4, -0.2) is 39.6 Å². The van der Waals surface area contributed by atoms with Gasteiger partial charge in [0.05, 0.1) is 28.0 Å². The number of carbonyl (C=O) groups excluding carboxylic acids is 2. The summed E-state index contributed by atoms with van der Waals surface area (Å²) in [6, 6.07) is 15.0.